The number of rotatable bonds is 1. The summed E-state index contributed by atoms with van der Waals surface area (Å²) < 4.78 is 8.33. The molecule has 22 heavy (non-hydrogen) atoms. The molecule has 1 aromatic rings. The van der Waals surface area contributed by atoms with Crippen molar-refractivity contribution in [2.75, 3.05) is 32.8 Å². The van der Waals surface area contributed by atoms with Crippen molar-refractivity contribution in [1.29, 1.82) is 0 Å². The normalized spacial score (nSPS) is 32.1. The third-order valence-electron chi connectivity index (χ3n) is 5.32. The van der Waals surface area contributed by atoms with Crippen molar-refractivity contribution >= 4 is 6.03 Å². The standard InChI is InChI=1S/C16H24N4O2/c21-15(18-6-1-2-7-18)19-8-3-4-16(12-19)10-14(11-22-16)20-9-5-17-13-20/h5,9,13-14H,1-4,6-8,10-12H2. The summed E-state index contributed by atoms with van der Waals surface area (Å²) in [6.45, 7) is 4.17. The van der Waals surface area contributed by atoms with E-state index >= 15 is 0 Å². The van der Waals surface area contributed by atoms with Gasteiger partial charge in [-0.05, 0) is 25.7 Å². The van der Waals surface area contributed by atoms with Crippen molar-refractivity contribution in [3.8, 4) is 0 Å². The molecule has 1 aromatic heterocycles. The van der Waals surface area contributed by atoms with Crippen LogP contribution in [0.1, 0.15) is 38.1 Å². The molecule has 2 amide bonds. The van der Waals surface area contributed by atoms with E-state index in [4.69, 9.17) is 4.74 Å². The molecular weight excluding hydrogens is 280 g/mol. The zero-order valence-corrected chi connectivity index (χ0v) is 13.0. The lowest BCUT2D eigenvalue weighted by atomic mass is 9.89. The van der Waals surface area contributed by atoms with Gasteiger partial charge in [0.15, 0.2) is 0 Å². The van der Waals surface area contributed by atoms with E-state index in [2.05, 4.69) is 9.55 Å². The van der Waals surface area contributed by atoms with Gasteiger partial charge in [0.25, 0.3) is 0 Å². The molecule has 4 heterocycles. The van der Waals surface area contributed by atoms with Crippen LogP contribution in [0.25, 0.3) is 0 Å². The molecule has 3 aliphatic rings. The van der Waals surface area contributed by atoms with E-state index in [1.165, 1.54) is 0 Å². The van der Waals surface area contributed by atoms with Gasteiger partial charge in [-0.25, -0.2) is 9.78 Å². The second-order valence-corrected chi connectivity index (χ2v) is 6.86. The Labute approximate surface area is 131 Å². The van der Waals surface area contributed by atoms with Gasteiger partial charge in [-0.3, -0.25) is 0 Å². The number of amides is 2. The van der Waals surface area contributed by atoms with Gasteiger partial charge in [-0.2, -0.15) is 0 Å². The predicted molar refractivity (Wildman–Crippen MR) is 81.6 cm³/mol. The summed E-state index contributed by atoms with van der Waals surface area (Å²) in [6, 6.07) is 0.565. The predicted octanol–water partition coefficient (Wildman–Crippen LogP) is 1.89. The molecule has 0 radical (unpaired) electrons. The molecule has 1 spiro atoms. The highest BCUT2D eigenvalue weighted by atomic mass is 16.5. The molecule has 2 atom stereocenters. The summed E-state index contributed by atoms with van der Waals surface area (Å²) in [7, 11) is 0. The van der Waals surface area contributed by atoms with Gasteiger partial charge in [0.05, 0.1) is 31.1 Å². The van der Waals surface area contributed by atoms with Gasteiger partial charge in [0, 0.05) is 38.4 Å². The molecule has 120 valence electrons. The topological polar surface area (TPSA) is 50.6 Å². The minimum atomic E-state index is -0.150. The molecule has 0 bridgehead atoms. The molecule has 6 nitrogen and oxygen atoms in total. The van der Waals surface area contributed by atoms with Crippen LogP contribution in [-0.4, -0.2) is 63.8 Å². The number of imidazole rings is 1. The summed E-state index contributed by atoms with van der Waals surface area (Å²) in [4.78, 5) is 20.8. The number of hydrogen-bond acceptors (Lipinski definition) is 3. The number of piperidine rings is 1. The van der Waals surface area contributed by atoms with Crippen molar-refractivity contribution in [3.63, 3.8) is 0 Å². The lowest BCUT2D eigenvalue weighted by molar-refractivity contribution is -0.0437. The fraction of sp³-hybridized carbons (Fsp3) is 0.750. The van der Waals surface area contributed by atoms with E-state index in [0.717, 1.165) is 64.9 Å². The number of hydrogen-bond donors (Lipinski definition) is 0. The second kappa shape index (κ2) is 5.57. The van der Waals surface area contributed by atoms with Crippen molar-refractivity contribution < 1.29 is 9.53 Å². The van der Waals surface area contributed by atoms with E-state index in [-0.39, 0.29) is 11.6 Å². The zero-order valence-electron chi connectivity index (χ0n) is 13.0. The molecule has 0 N–H and O–H groups in total. The molecule has 6 heteroatoms. The smallest absolute Gasteiger partial charge is 0.320 e. The minimum absolute atomic E-state index is 0.150. The lowest BCUT2D eigenvalue weighted by Crippen LogP contribution is -2.53. The van der Waals surface area contributed by atoms with Crippen LogP contribution in [0.15, 0.2) is 18.7 Å². The molecular formula is C16H24N4O2. The van der Waals surface area contributed by atoms with E-state index in [1.807, 2.05) is 28.5 Å². The first-order chi connectivity index (χ1) is 10.8. The van der Waals surface area contributed by atoms with Crippen LogP contribution in [-0.2, 0) is 4.74 Å². The number of carbonyl (C=O) groups excluding carboxylic acids is 1. The van der Waals surface area contributed by atoms with E-state index in [1.54, 1.807) is 0 Å². The molecule has 2 unspecified atom stereocenters. The van der Waals surface area contributed by atoms with Crippen LogP contribution in [0, 0.1) is 0 Å². The highest BCUT2D eigenvalue weighted by Crippen LogP contribution is 2.39. The fourth-order valence-electron chi connectivity index (χ4n) is 4.15. The Morgan fingerprint density at radius 1 is 1.18 bits per heavy atom. The Morgan fingerprint density at radius 2 is 2.00 bits per heavy atom. The van der Waals surface area contributed by atoms with Crippen LogP contribution in [0.5, 0.6) is 0 Å². The maximum atomic E-state index is 12.6. The summed E-state index contributed by atoms with van der Waals surface area (Å²) in [5.41, 5.74) is -0.150. The number of carbonyl (C=O) groups is 1. The van der Waals surface area contributed by atoms with Crippen LogP contribution in [0.3, 0.4) is 0 Å². The second-order valence-electron chi connectivity index (χ2n) is 6.86. The monoisotopic (exact) mass is 304 g/mol. The first-order valence-electron chi connectivity index (χ1n) is 8.41. The molecule has 3 aliphatic heterocycles. The maximum Gasteiger partial charge on any atom is 0.320 e. The lowest BCUT2D eigenvalue weighted by Gasteiger charge is -2.41. The molecule has 0 saturated carbocycles. The van der Waals surface area contributed by atoms with Gasteiger partial charge in [0.1, 0.15) is 0 Å². The molecule has 3 fully saturated rings. The van der Waals surface area contributed by atoms with Gasteiger partial charge < -0.3 is 19.1 Å². The minimum Gasteiger partial charge on any atom is -0.371 e. The van der Waals surface area contributed by atoms with Crippen molar-refractivity contribution in [2.45, 2.75) is 43.7 Å². The number of aromatic nitrogens is 2. The zero-order chi connectivity index (χ0) is 15.0. The first-order valence-corrected chi connectivity index (χ1v) is 8.41. The average molecular weight is 304 g/mol. The quantitative estimate of drug-likeness (QED) is 0.796. The average Bonchev–Trinajstić information content (AvgIpc) is 3.28. The molecule has 3 saturated heterocycles. The van der Waals surface area contributed by atoms with Crippen molar-refractivity contribution in [2.24, 2.45) is 0 Å². The van der Waals surface area contributed by atoms with Crippen molar-refractivity contribution in [3.05, 3.63) is 18.7 Å². The number of likely N-dealkylation sites (tertiary alicyclic amines) is 2. The van der Waals surface area contributed by atoms with Crippen LogP contribution in [0.4, 0.5) is 4.79 Å². The summed E-state index contributed by atoms with van der Waals surface area (Å²) in [6.07, 6.45) is 11.0. The molecule has 4 rings (SSSR count). The highest BCUT2D eigenvalue weighted by Gasteiger charge is 2.45. The Hall–Kier alpha value is -1.56. The van der Waals surface area contributed by atoms with E-state index in [9.17, 15) is 4.79 Å². The Bertz CT molecular complexity index is 526. The Morgan fingerprint density at radius 3 is 2.77 bits per heavy atom. The number of nitrogens with zero attached hydrogens (tertiary/aromatic N) is 4. The first kappa shape index (κ1) is 14.1. The Kier molecular flexibility index (Phi) is 3.56. The van der Waals surface area contributed by atoms with Gasteiger partial charge in [-0.15, -0.1) is 0 Å². The largest absolute Gasteiger partial charge is 0.371 e. The number of urea groups is 1. The van der Waals surface area contributed by atoms with Crippen LogP contribution in [0.2, 0.25) is 0 Å². The highest BCUT2D eigenvalue weighted by molar-refractivity contribution is 5.75. The SMILES string of the molecule is O=C(N1CCCC1)N1CCCC2(CC(n3ccnc3)CO2)C1. The van der Waals surface area contributed by atoms with E-state index < -0.39 is 0 Å². The fourth-order valence-corrected chi connectivity index (χ4v) is 4.15. The Balaban J connectivity index is 1.43. The molecule has 0 aromatic carbocycles. The summed E-state index contributed by atoms with van der Waals surface area (Å²) in [5, 5.41) is 0. The number of ether oxygens (including phenoxy) is 1. The van der Waals surface area contributed by atoms with E-state index in [0.29, 0.717) is 6.04 Å². The summed E-state index contributed by atoms with van der Waals surface area (Å²) >= 11 is 0. The van der Waals surface area contributed by atoms with Gasteiger partial charge in [-0.1, -0.05) is 0 Å². The summed E-state index contributed by atoms with van der Waals surface area (Å²) in [5.74, 6) is 0. The van der Waals surface area contributed by atoms with Gasteiger partial charge in [0.2, 0.25) is 0 Å². The van der Waals surface area contributed by atoms with Crippen LogP contribution < -0.4 is 0 Å². The maximum absolute atomic E-state index is 12.6. The van der Waals surface area contributed by atoms with Crippen LogP contribution >= 0.6 is 0 Å². The molecule has 0 aliphatic carbocycles. The third kappa shape index (κ3) is 2.49. The van der Waals surface area contributed by atoms with Crippen molar-refractivity contribution in [1.82, 2.24) is 19.4 Å². The van der Waals surface area contributed by atoms with Gasteiger partial charge >= 0.3 is 6.03 Å². The third-order valence-corrected chi connectivity index (χ3v) is 5.32.